The summed E-state index contributed by atoms with van der Waals surface area (Å²) in [5.41, 5.74) is 2.18. The quantitative estimate of drug-likeness (QED) is 0.885. The van der Waals surface area contributed by atoms with Crippen molar-refractivity contribution in [3.8, 4) is 0 Å². The zero-order chi connectivity index (χ0) is 14.2. The number of nitrogens with zero attached hydrogens (tertiary/aromatic N) is 1. The summed E-state index contributed by atoms with van der Waals surface area (Å²) in [4.78, 5) is 2.41. The van der Waals surface area contributed by atoms with Crippen LogP contribution in [0.2, 0.25) is 0 Å². The number of rotatable bonds is 4. The van der Waals surface area contributed by atoms with Gasteiger partial charge in [-0.1, -0.05) is 15.9 Å². The molecule has 20 heavy (non-hydrogen) atoms. The molecule has 0 spiro atoms. The standard InChI is InChI=1S/C16H23BrN2O/c1-16(20)6-8-19(9-7-16)15-5-2-13(17)10-12(15)11-18-14-3-4-14/h2,5,10,14,18,20H,3-4,6-9,11H2,1H3. The summed E-state index contributed by atoms with van der Waals surface area (Å²) in [6.07, 6.45) is 4.32. The summed E-state index contributed by atoms with van der Waals surface area (Å²) in [7, 11) is 0. The first-order chi connectivity index (χ1) is 9.53. The fraction of sp³-hybridized carbons (Fsp3) is 0.625. The fourth-order valence-corrected chi connectivity index (χ4v) is 3.18. The predicted octanol–water partition coefficient (Wildman–Crippen LogP) is 3.05. The summed E-state index contributed by atoms with van der Waals surface area (Å²) >= 11 is 3.57. The fourth-order valence-electron chi connectivity index (χ4n) is 2.78. The Hall–Kier alpha value is -0.580. The molecule has 0 bridgehead atoms. The number of nitrogens with one attached hydrogen (secondary N) is 1. The van der Waals surface area contributed by atoms with Gasteiger partial charge in [0.05, 0.1) is 5.60 Å². The summed E-state index contributed by atoms with van der Waals surface area (Å²) < 4.78 is 1.14. The lowest BCUT2D eigenvalue weighted by Crippen LogP contribution is -2.42. The van der Waals surface area contributed by atoms with Crippen molar-refractivity contribution in [3.63, 3.8) is 0 Å². The minimum Gasteiger partial charge on any atom is -0.390 e. The highest BCUT2D eigenvalue weighted by Gasteiger charge is 2.28. The molecule has 0 aromatic heterocycles. The Morgan fingerprint density at radius 1 is 1.35 bits per heavy atom. The molecule has 1 saturated carbocycles. The molecule has 1 heterocycles. The zero-order valence-electron chi connectivity index (χ0n) is 12.0. The van der Waals surface area contributed by atoms with Crippen molar-refractivity contribution >= 4 is 21.6 Å². The van der Waals surface area contributed by atoms with E-state index in [1.54, 1.807) is 0 Å². The molecule has 4 heteroatoms. The van der Waals surface area contributed by atoms with Crippen molar-refractivity contribution in [1.29, 1.82) is 0 Å². The molecule has 1 saturated heterocycles. The summed E-state index contributed by atoms with van der Waals surface area (Å²) in [5.74, 6) is 0. The Morgan fingerprint density at radius 2 is 2.05 bits per heavy atom. The SMILES string of the molecule is CC1(O)CCN(c2ccc(Br)cc2CNC2CC2)CC1. The maximum Gasteiger partial charge on any atom is 0.0653 e. The third-order valence-electron chi connectivity index (χ3n) is 4.38. The summed E-state index contributed by atoms with van der Waals surface area (Å²) in [6.45, 7) is 4.75. The van der Waals surface area contributed by atoms with Crippen LogP contribution in [0.5, 0.6) is 0 Å². The van der Waals surface area contributed by atoms with Gasteiger partial charge in [-0.05, 0) is 56.4 Å². The number of hydrogen-bond acceptors (Lipinski definition) is 3. The van der Waals surface area contributed by atoms with Crippen molar-refractivity contribution in [3.05, 3.63) is 28.2 Å². The number of benzene rings is 1. The third-order valence-corrected chi connectivity index (χ3v) is 4.87. The molecule has 1 aromatic rings. The molecule has 0 radical (unpaired) electrons. The Morgan fingerprint density at radius 3 is 2.70 bits per heavy atom. The number of anilines is 1. The Bertz CT molecular complexity index is 475. The van der Waals surface area contributed by atoms with E-state index in [9.17, 15) is 5.11 Å². The van der Waals surface area contributed by atoms with Gasteiger partial charge in [0.1, 0.15) is 0 Å². The van der Waals surface area contributed by atoms with Crippen LogP contribution in [-0.2, 0) is 6.54 Å². The van der Waals surface area contributed by atoms with Crippen molar-refractivity contribution in [2.24, 2.45) is 0 Å². The number of halogens is 1. The van der Waals surface area contributed by atoms with E-state index in [1.807, 2.05) is 6.92 Å². The Balaban J connectivity index is 1.73. The van der Waals surface area contributed by atoms with Crippen LogP contribution in [-0.4, -0.2) is 29.8 Å². The van der Waals surface area contributed by atoms with Crippen LogP contribution in [0.15, 0.2) is 22.7 Å². The first kappa shape index (κ1) is 14.4. The van der Waals surface area contributed by atoms with Crippen LogP contribution < -0.4 is 10.2 Å². The van der Waals surface area contributed by atoms with Crippen molar-refractivity contribution in [1.82, 2.24) is 5.32 Å². The van der Waals surface area contributed by atoms with E-state index in [-0.39, 0.29) is 0 Å². The van der Waals surface area contributed by atoms with Gasteiger partial charge >= 0.3 is 0 Å². The second kappa shape index (κ2) is 5.66. The van der Waals surface area contributed by atoms with Gasteiger partial charge in [0.15, 0.2) is 0 Å². The van der Waals surface area contributed by atoms with Gasteiger partial charge in [0, 0.05) is 35.8 Å². The van der Waals surface area contributed by atoms with E-state index in [0.717, 1.165) is 43.0 Å². The predicted molar refractivity (Wildman–Crippen MR) is 86.1 cm³/mol. The lowest BCUT2D eigenvalue weighted by molar-refractivity contribution is 0.0351. The minimum absolute atomic E-state index is 0.488. The molecule has 1 aromatic carbocycles. The molecule has 0 unspecified atom stereocenters. The van der Waals surface area contributed by atoms with Crippen LogP contribution in [0.1, 0.15) is 38.2 Å². The highest BCUT2D eigenvalue weighted by molar-refractivity contribution is 9.10. The minimum atomic E-state index is -0.488. The lowest BCUT2D eigenvalue weighted by Gasteiger charge is -2.38. The van der Waals surface area contributed by atoms with E-state index < -0.39 is 5.60 Å². The lowest BCUT2D eigenvalue weighted by atomic mass is 9.93. The number of aliphatic hydroxyl groups is 1. The highest BCUT2D eigenvalue weighted by Crippen LogP contribution is 2.30. The van der Waals surface area contributed by atoms with Crippen molar-refractivity contribution < 1.29 is 5.11 Å². The maximum atomic E-state index is 10.1. The van der Waals surface area contributed by atoms with Gasteiger partial charge in [0.2, 0.25) is 0 Å². The third kappa shape index (κ3) is 3.54. The second-order valence-corrected chi connectivity index (χ2v) is 7.33. The van der Waals surface area contributed by atoms with Crippen LogP contribution in [0.25, 0.3) is 0 Å². The van der Waals surface area contributed by atoms with E-state index in [4.69, 9.17) is 0 Å². The van der Waals surface area contributed by atoms with E-state index in [2.05, 4.69) is 44.3 Å². The number of piperidine rings is 1. The Kier molecular flexibility index (Phi) is 4.07. The molecule has 1 aliphatic heterocycles. The van der Waals surface area contributed by atoms with Gasteiger partial charge in [-0.2, -0.15) is 0 Å². The maximum absolute atomic E-state index is 10.1. The molecular formula is C16H23BrN2O. The first-order valence-corrected chi connectivity index (χ1v) is 8.32. The van der Waals surface area contributed by atoms with Gasteiger partial charge in [0.25, 0.3) is 0 Å². The molecule has 1 aliphatic carbocycles. The van der Waals surface area contributed by atoms with Gasteiger partial charge < -0.3 is 15.3 Å². The van der Waals surface area contributed by atoms with Crippen molar-refractivity contribution in [2.75, 3.05) is 18.0 Å². The number of hydrogen-bond donors (Lipinski definition) is 2. The average molecular weight is 339 g/mol. The van der Waals surface area contributed by atoms with Crippen LogP contribution in [0, 0.1) is 0 Å². The van der Waals surface area contributed by atoms with Gasteiger partial charge in [-0.15, -0.1) is 0 Å². The first-order valence-electron chi connectivity index (χ1n) is 7.53. The normalized spacial score (nSPS) is 22.1. The summed E-state index contributed by atoms with van der Waals surface area (Å²) in [5, 5.41) is 13.7. The zero-order valence-corrected chi connectivity index (χ0v) is 13.6. The Labute approximate surface area is 129 Å². The second-order valence-electron chi connectivity index (χ2n) is 6.41. The van der Waals surface area contributed by atoms with Crippen LogP contribution >= 0.6 is 15.9 Å². The van der Waals surface area contributed by atoms with E-state index >= 15 is 0 Å². The largest absolute Gasteiger partial charge is 0.390 e. The molecule has 110 valence electrons. The van der Waals surface area contributed by atoms with Crippen LogP contribution in [0.4, 0.5) is 5.69 Å². The molecule has 2 N–H and O–H groups in total. The van der Waals surface area contributed by atoms with Crippen molar-refractivity contribution in [2.45, 2.75) is 50.8 Å². The van der Waals surface area contributed by atoms with Gasteiger partial charge in [-0.3, -0.25) is 0 Å². The molecule has 0 atom stereocenters. The molecule has 2 aliphatic rings. The smallest absolute Gasteiger partial charge is 0.0653 e. The molecular weight excluding hydrogens is 316 g/mol. The van der Waals surface area contributed by atoms with Crippen LogP contribution in [0.3, 0.4) is 0 Å². The molecule has 0 amide bonds. The average Bonchev–Trinajstić information content (AvgIpc) is 3.21. The molecule has 3 rings (SSSR count). The highest BCUT2D eigenvalue weighted by atomic mass is 79.9. The summed E-state index contributed by atoms with van der Waals surface area (Å²) in [6, 6.07) is 7.26. The molecule has 2 fully saturated rings. The van der Waals surface area contributed by atoms with Gasteiger partial charge in [-0.25, -0.2) is 0 Å². The molecule has 3 nitrogen and oxygen atoms in total. The monoisotopic (exact) mass is 338 g/mol. The van der Waals surface area contributed by atoms with E-state index in [1.165, 1.54) is 24.1 Å². The van der Waals surface area contributed by atoms with E-state index in [0.29, 0.717) is 0 Å². The topological polar surface area (TPSA) is 35.5 Å².